The lowest BCUT2D eigenvalue weighted by Gasteiger charge is -2.29. The molecule has 5 nitrogen and oxygen atoms in total. The number of carboxylic acid groups (broad SMARTS) is 1. The maximum absolute atomic E-state index is 13.9. The average Bonchev–Trinajstić information content (AvgIpc) is 2.96. The average molecular weight is 348 g/mol. The van der Waals surface area contributed by atoms with Crippen molar-refractivity contribution >= 4 is 23.2 Å². The van der Waals surface area contributed by atoms with E-state index in [1.165, 1.54) is 17.4 Å². The molecule has 2 heterocycles. The molecule has 7 heteroatoms. The Bertz CT molecular complexity index is 782. The number of thiazole rings is 1. The first-order valence-corrected chi connectivity index (χ1v) is 8.53. The van der Waals surface area contributed by atoms with Crippen molar-refractivity contribution in [2.45, 2.75) is 19.8 Å². The monoisotopic (exact) mass is 348 g/mol. The van der Waals surface area contributed by atoms with Crippen molar-refractivity contribution in [1.82, 2.24) is 9.88 Å². The van der Waals surface area contributed by atoms with E-state index in [2.05, 4.69) is 4.98 Å². The van der Waals surface area contributed by atoms with E-state index in [4.69, 9.17) is 5.11 Å². The van der Waals surface area contributed by atoms with Gasteiger partial charge in [0.1, 0.15) is 15.7 Å². The zero-order valence-corrected chi connectivity index (χ0v) is 14.0. The second kappa shape index (κ2) is 6.68. The summed E-state index contributed by atoms with van der Waals surface area (Å²) < 4.78 is 13.9. The molecule has 1 amide bonds. The molecule has 0 aliphatic carbocycles. The number of aryl methyl sites for hydroxylation is 1. The predicted molar refractivity (Wildman–Crippen MR) is 88.5 cm³/mol. The van der Waals surface area contributed by atoms with E-state index in [9.17, 15) is 14.0 Å². The van der Waals surface area contributed by atoms with Gasteiger partial charge in [0.2, 0.25) is 0 Å². The van der Waals surface area contributed by atoms with Crippen LogP contribution in [0.4, 0.5) is 4.39 Å². The molecule has 1 saturated heterocycles. The number of rotatable bonds is 3. The summed E-state index contributed by atoms with van der Waals surface area (Å²) in [5, 5.41) is 9.51. The molecule has 1 aliphatic heterocycles. The first kappa shape index (κ1) is 16.6. The minimum atomic E-state index is -0.807. The van der Waals surface area contributed by atoms with Crippen LogP contribution >= 0.6 is 11.3 Å². The highest BCUT2D eigenvalue weighted by molar-refractivity contribution is 7.17. The van der Waals surface area contributed by atoms with Gasteiger partial charge >= 0.3 is 5.97 Å². The van der Waals surface area contributed by atoms with Crippen molar-refractivity contribution < 1.29 is 19.1 Å². The summed E-state index contributed by atoms with van der Waals surface area (Å²) in [6, 6.07) is 6.34. The highest BCUT2D eigenvalue weighted by Gasteiger charge is 2.29. The minimum Gasteiger partial charge on any atom is -0.481 e. The number of carboxylic acids is 1. The highest BCUT2D eigenvalue weighted by atomic mass is 32.1. The normalized spacial score (nSPS) is 15.5. The topological polar surface area (TPSA) is 70.5 Å². The lowest BCUT2D eigenvalue weighted by atomic mass is 9.97. The Kier molecular flexibility index (Phi) is 4.62. The number of aromatic nitrogens is 1. The Labute approximate surface area is 142 Å². The lowest BCUT2D eigenvalue weighted by Crippen LogP contribution is -2.40. The van der Waals surface area contributed by atoms with E-state index in [1.807, 2.05) is 0 Å². The number of halogens is 1. The molecule has 1 fully saturated rings. The van der Waals surface area contributed by atoms with Gasteiger partial charge in [-0.05, 0) is 31.9 Å². The Morgan fingerprint density at radius 1 is 1.29 bits per heavy atom. The summed E-state index contributed by atoms with van der Waals surface area (Å²) in [6.45, 7) is 2.57. The van der Waals surface area contributed by atoms with Gasteiger partial charge in [-0.2, -0.15) is 0 Å². The molecule has 0 radical (unpaired) electrons. The van der Waals surface area contributed by atoms with E-state index in [0.717, 1.165) is 0 Å². The number of benzene rings is 1. The van der Waals surface area contributed by atoms with Crippen molar-refractivity contribution in [2.24, 2.45) is 5.92 Å². The van der Waals surface area contributed by atoms with Gasteiger partial charge in [0, 0.05) is 18.7 Å². The number of hydrogen-bond donors (Lipinski definition) is 1. The highest BCUT2D eigenvalue weighted by Crippen LogP contribution is 2.31. The summed E-state index contributed by atoms with van der Waals surface area (Å²) in [5.74, 6) is -1.72. The third kappa shape index (κ3) is 3.17. The van der Waals surface area contributed by atoms with Crippen molar-refractivity contribution in [3.8, 4) is 10.6 Å². The van der Waals surface area contributed by atoms with Crippen LogP contribution in [0.15, 0.2) is 24.3 Å². The first-order chi connectivity index (χ1) is 11.5. The fourth-order valence-electron chi connectivity index (χ4n) is 2.82. The molecular weight excluding hydrogens is 331 g/mol. The molecule has 0 saturated carbocycles. The van der Waals surface area contributed by atoms with Crippen LogP contribution < -0.4 is 0 Å². The molecule has 24 heavy (non-hydrogen) atoms. The van der Waals surface area contributed by atoms with E-state index in [-0.39, 0.29) is 17.6 Å². The van der Waals surface area contributed by atoms with Crippen LogP contribution in [0.25, 0.3) is 10.6 Å². The second-order valence-corrected chi connectivity index (χ2v) is 6.82. The van der Waals surface area contributed by atoms with Crippen LogP contribution in [-0.2, 0) is 4.79 Å². The smallest absolute Gasteiger partial charge is 0.306 e. The number of piperidine rings is 1. The third-order valence-electron chi connectivity index (χ3n) is 4.23. The molecule has 126 valence electrons. The van der Waals surface area contributed by atoms with Crippen LogP contribution in [0.1, 0.15) is 28.2 Å². The molecule has 3 rings (SSSR count). The van der Waals surface area contributed by atoms with Gasteiger partial charge in [-0.3, -0.25) is 9.59 Å². The molecule has 2 aromatic rings. The Hall–Kier alpha value is -2.28. The number of carbonyl (C=O) groups excluding carboxylic acids is 1. The number of hydrogen-bond acceptors (Lipinski definition) is 4. The van der Waals surface area contributed by atoms with Gasteiger partial charge in [0.25, 0.3) is 5.91 Å². The van der Waals surface area contributed by atoms with Gasteiger partial charge in [-0.25, -0.2) is 9.37 Å². The van der Waals surface area contributed by atoms with Crippen LogP contribution in [0.3, 0.4) is 0 Å². The largest absolute Gasteiger partial charge is 0.481 e. The second-order valence-electron chi connectivity index (χ2n) is 5.82. The lowest BCUT2D eigenvalue weighted by molar-refractivity contribution is -0.143. The Morgan fingerprint density at radius 2 is 1.96 bits per heavy atom. The van der Waals surface area contributed by atoms with E-state index in [1.54, 1.807) is 30.0 Å². The zero-order valence-electron chi connectivity index (χ0n) is 13.2. The number of likely N-dealkylation sites (tertiary alicyclic amines) is 1. The number of aliphatic carboxylic acids is 1. The predicted octanol–water partition coefficient (Wildman–Crippen LogP) is 3.19. The van der Waals surface area contributed by atoms with Crippen LogP contribution in [-0.4, -0.2) is 40.0 Å². The summed E-state index contributed by atoms with van der Waals surface area (Å²) in [6.07, 6.45) is 0.915. The van der Waals surface area contributed by atoms with Gasteiger partial charge in [0.15, 0.2) is 0 Å². The number of amides is 1. The summed E-state index contributed by atoms with van der Waals surface area (Å²) in [7, 11) is 0. The van der Waals surface area contributed by atoms with E-state index < -0.39 is 5.97 Å². The Balaban J connectivity index is 1.80. The summed E-state index contributed by atoms with van der Waals surface area (Å²) in [5.41, 5.74) is 0.956. The fourth-order valence-corrected chi connectivity index (χ4v) is 3.88. The minimum absolute atomic E-state index is 0.156. The van der Waals surface area contributed by atoms with Crippen molar-refractivity contribution in [1.29, 1.82) is 0 Å². The molecule has 1 N–H and O–H groups in total. The van der Waals surface area contributed by atoms with Crippen LogP contribution in [0.2, 0.25) is 0 Å². The van der Waals surface area contributed by atoms with Crippen LogP contribution in [0, 0.1) is 18.7 Å². The molecule has 1 aromatic carbocycles. The van der Waals surface area contributed by atoms with Crippen LogP contribution in [0.5, 0.6) is 0 Å². The van der Waals surface area contributed by atoms with E-state index in [0.29, 0.717) is 47.1 Å². The molecule has 0 bridgehead atoms. The molecule has 0 unspecified atom stereocenters. The maximum Gasteiger partial charge on any atom is 0.306 e. The molecule has 1 aliphatic rings. The zero-order chi connectivity index (χ0) is 17.3. The SMILES string of the molecule is Cc1nc(-c2ccccc2F)sc1C(=O)N1CCC(C(=O)O)CC1. The number of nitrogens with zero attached hydrogens (tertiary/aromatic N) is 2. The summed E-state index contributed by atoms with van der Waals surface area (Å²) >= 11 is 1.18. The molecular formula is C17H17FN2O3S. The quantitative estimate of drug-likeness (QED) is 0.925. The molecule has 0 spiro atoms. The summed E-state index contributed by atoms with van der Waals surface area (Å²) in [4.78, 5) is 30.2. The molecule has 1 aromatic heterocycles. The van der Waals surface area contributed by atoms with Gasteiger partial charge in [-0.15, -0.1) is 11.3 Å². The Morgan fingerprint density at radius 3 is 2.58 bits per heavy atom. The number of carbonyl (C=O) groups is 2. The maximum atomic E-state index is 13.9. The van der Waals surface area contributed by atoms with Gasteiger partial charge < -0.3 is 10.0 Å². The fraction of sp³-hybridized carbons (Fsp3) is 0.353. The van der Waals surface area contributed by atoms with Gasteiger partial charge in [-0.1, -0.05) is 12.1 Å². The van der Waals surface area contributed by atoms with E-state index >= 15 is 0 Å². The van der Waals surface area contributed by atoms with Crippen molar-refractivity contribution in [2.75, 3.05) is 13.1 Å². The molecule has 0 atom stereocenters. The van der Waals surface area contributed by atoms with Crippen molar-refractivity contribution in [3.05, 3.63) is 40.7 Å². The third-order valence-corrected chi connectivity index (χ3v) is 5.41. The standard InChI is InChI=1S/C17H17FN2O3S/c1-10-14(16(21)20-8-6-11(7-9-20)17(22)23)24-15(19-10)12-4-2-3-5-13(12)18/h2-5,11H,6-9H2,1H3,(H,22,23). The first-order valence-electron chi connectivity index (χ1n) is 7.71. The van der Waals surface area contributed by atoms with Crippen molar-refractivity contribution in [3.63, 3.8) is 0 Å². The van der Waals surface area contributed by atoms with Gasteiger partial charge in [0.05, 0.1) is 11.6 Å².